The van der Waals surface area contributed by atoms with Crippen molar-refractivity contribution in [1.29, 1.82) is 0 Å². The van der Waals surface area contributed by atoms with Crippen molar-refractivity contribution in [2.24, 2.45) is 11.8 Å². The van der Waals surface area contributed by atoms with Crippen molar-refractivity contribution in [3.63, 3.8) is 0 Å². The van der Waals surface area contributed by atoms with Crippen LogP contribution in [0.3, 0.4) is 0 Å². The van der Waals surface area contributed by atoms with Crippen molar-refractivity contribution in [3.8, 4) is 0 Å². The predicted octanol–water partition coefficient (Wildman–Crippen LogP) is 0.152. The summed E-state index contributed by atoms with van der Waals surface area (Å²) in [7, 11) is 0. The summed E-state index contributed by atoms with van der Waals surface area (Å²) in [5.74, 6) is -0.507. The van der Waals surface area contributed by atoms with Gasteiger partial charge in [-0.3, -0.25) is 14.5 Å². The Morgan fingerprint density at radius 3 is 2.57 bits per heavy atom. The number of carbonyl (C=O) groups excluding carboxylic acids is 2. The summed E-state index contributed by atoms with van der Waals surface area (Å²) < 4.78 is 0. The number of hydrogen-bond donors (Lipinski definition) is 1. The van der Waals surface area contributed by atoms with Crippen LogP contribution >= 0.6 is 0 Å². The molecule has 4 heteroatoms. The molecule has 3 unspecified atom stereocenters. The average molecular weight is 197 g/mol. The van der Waals surface area contributed by atoms with Crippen LogP contribution in [0.4, 0.5) is 0 Å². The Labute approximate surface area is 82.9 Å². The molecule has 2 rings (SSSR count). The third-order valence-corrected chi connectivity index (χ3v) is 3.31. The van der Waals surface area contributed by atoms with E-state index in [1.807, 2.05) is 6.92 Å². The number of carbonyl (C=O) groups is 2. The van der Waals surface area contributed by atoms with E-state index in [2.05, 4.69) is 0 Å². The van der Waals surface area contributed by atoms with E-state index in [1.165, 1.54) is 4.90 Å². The monoisotopic (exact) mass is 197 g/mol. The minimum Gasteiger partial charge on any atom is -0.393 e. The van der Waals surface area contributed by atoms with Gasteiger partial charge in [-0.25, -0.2) is 0 Å². The van der Waals surface area contributed by atoms with Crippen LogP contribution in [-0.2, 0) is 9.59 Å². The maximum Gasteiger partial charge on any atom is 0.233 e. The first-order valence-electron chi connectivity index (χ1n) is 5.18. The summed E-state index contributed by atoms with van der Waals surface area (Å²) >= 11 is 0. The molecule has 1 saturated heterocycles. The van der Waals surface area contributed by atoms with Crippen LogP contribution < -0.4 is 0 Å². The fourth-order valence-electron chi connectivity index (χ4n) is 2.54. The van der Waals surface area contributed by atoms with E-state index in [4.69, 9.17) is 0 Å². The summed E-state index contributed by atoms with van der Waals surface area (Å²) in [6, 6.07) is 0. The molecule has 1 heterocycles. The van der Waals surface area contributed by atoms with Gasteiger partial charge in [0.2, 0.25) is 11.8 Å². The molecular weight excluding hydrogens is 182 g/mol. The molecule has 4 nitrogen and oxygen atoms in total. The van der Waals surface area contributed by atoms with E-state index in [-0.39, 0.29) is 23.7 Å². The highest BCUT2D eigenvalue weighted by Gasteiger charge is 2.49. The van der Waals surface area contributed by atoms with Crippen LogP contribution in [0.15, 0.2) is 0 Å². The molecule has 0 aromatic rings. The summed E-state index contributed by atoms with van der Waals surface area (Å²) in [6.07, 6.45) is 1.38. The van der Waals surface area contributed by atoms with Crippen molar-refractivity contribution >= 4 is 11.8 Å². The summed E-state index contributed by atoms with van der Waals surface area (Å²) in [6.45, 7) is 2.27. The molecule has 2 aliphatic rings. The third-order valence-electron chi connectivity index (χ3n) is 3.31. The number of fused-ring (bicyclic) bond motifs is 1. The Bertz CT molecular complexity index is 277. The number of aliphatic hydroxyl groups is 1. The lowest BCUT2D eigenvalue weighted by molar-refractivity contribution is -0.139. The lowest BCUT2D eigenvalue weighted by atomic mass is 9.80. The highest BCUT2D eigenvalue weighted by molar-refractivity contribution is 6.05. The maximum absolute atomic E-state index is 11.7. The van der Waals surface area contributed by atoms with E-state index < -0.39 is 6.10 Å². The van der Waals surface area contributed by atoms with Crippen LogP contribution in [0, 0.1) is 11.8 Å². The first kappa shape index (κ1) is 9.65. The zero-order valence-electron chi connectivity index (χ0n) is 8.27. The van der Waals surface area contributed by atoms with Crippen LogP contribution in [-0.4, -0.2) is 34.5 Å². The summed E-state index contributed by atoms with van der Waals surface area (Å²) in [5, 5.41) is 9.44. The van der Waals surface area contributed by atoms with E-state index in [0.29, 0.717) is 25.8 Å². The second-order valence-corrected chi connectivity index (χ2v) is 4.10. The van der Waals surface area contributed by atoms with Crippen LogP contribution in [0.1, 0.15) is 26.2 Å². The van der Waals surface area contributed by atoms with E-state index in [1.54, 1.807) is 0 Å². The molecule has 2 fully saturated rings. The second-order valence-electron chi connectivity index (χ2n) is 4.10. The Morgan fingerprint density at radius 1 is 1.29 bits per heavy atom. The van der Waals surface area contributed by atoms with Crippen molar-refractivity contribution in [3.05, 3.63) is 0 Å². The molecule has 1 saturated carbocycles. The number of imide groups is 1. The highest BCUT2D eigenvalue weighted by Crippen LogP contribution is 2.37. The number of hydrogen-bond acceptors (Lipinski definition) is 3. The van der Waals surface area contributed by atoms with E-state index in [9.17, 15) is 14.7 Å². The number of amides is 2. The van der Waals surface area contributed by atoms with Gasteiger partial charge in [-0.05, 0) is 26.2 Å². The molecule has 1 aliphatic heterocycles. The molecule has 0 bridgehead atoms. The average Bonchev–Trinajstić information content (AvgIpc) is 2.39. The van der Waals surface area contributed by atoms with E-state index in [0.717, 1.165) is 0 Å². The Morgan fingerprint density at radius 2 is 1.93 bits per heavy atom. The lowest BCUT2D eigenvalue weighted by Crippen LogP contribution is -2.30. The van der Waals surface area contributed by atoms with Crippen molar-refractivity contribution in [1.82, 2.24) is 4.90 Å². The summed E-state index contributed by atoms with van der Waals surface area (Å²) in [5.41, 5.74) is 0. The number of rotatable bonds is 1. The van der Waals surface area contributed by atoms with Gasteiger partial charge in [0, 0.05) is 6.54 Å². The SMILES string of the molecule is CCN1C(=O)C2CCC(O)CC2C1=O. The topological polar surface area (TPSA) is 57.6 Å². The molecule has 78 valence electrons. The zero-order chi connectivity index (χ0) is 10.3. The van der Waals surface area contributed by atoms with Gasteiger partial charge in [-0.15, -0.1) is 0 Å². The smallest absolute Gasteiger partial charge is 0.233 e. The Balaban J connectivity index is 2.21. The molecule has 3 atom stereocenters. The molecule has 0 aromatic carbocycles. The molecule has 0 spiro atoms. The highest BCUT2D eigenvalue weighted by atomic mass is 16.3. The second kappa shape index (κ2) is 3.35. The largest absolute Gasteiger partial charge is 0.393 e. The number of nitrogens with zero attached hydrogens (tertiary/aromatic N) is 1. The van der Waals surface area contributed by atoms with Gasteiger partial charge in [0.15, 0.2) is 0 Å². The van der Waals surface area contributed by atoms with Gasteiger partial charge >= 0.3 is 0 Å². The third kappa shape index (κ3) is 1.25. The molecule has 0 radical (unpaired) electrons. The van der Waals surface area contributed by atoms with Gasteiger partial charge in [-0.1, -0.05) is 0 Å². The molecule has 1 N–H and O–H groups in total. The minimum atomic E-state index is -0.398. The van der Waals surface area contributed by atoms with Crippen LogP contribution in [0.2, 0.25) is 0 Å². The molecule has 14 heavy (non-hydrogen) atoms. The van der Waals surface area contributed by atoms with Crippen LogP contribution in [0.5, 0.6) is 0 Å². The predicted molar refractivity (Wildman–Crippen MR) is 49.2 cm³/mol. The van der Waals surface area contributed by atoms with Gasteiger partial charge in [0.05, 0.1) is 17.9 Å². The van der Waals surface area contributed by atoms with Crippen LogP contribution in [0.25, 0.3) is 0 Å². The van der Waals surface area contributed by atoms with E-state index >= 15 is 0 Å². The van der Waals surface area contributed by atoms with Gasteiger partial charge in [0.25, 0.3) is 0 Å². The first-order chi connectivity index (χ1) is 6.65. The Kier molecular flexibility index (Phi) is 2.31. The number of likely N-dealkylation sites (tertiary alicyclic amines) is 1. The lowest BCUT2D eigenvalue weighted by Gasteiger charge is -2.24. The standard InChI is InChI=1S/C10H15NO3/c1-2-11-9(13)7-4-3-6(12)5-8(7)10(11)14/h6-8,12H,2-5H2,1H3. The van der Waals surface area contributed by atoms with Crippen molar-refractivity contribution in [2.75, 3.05) is 6.54 Å². The molecule has 0 aromatic heterocycles. The quantitative estimate of drug-likeness (QED) is 0.609. The van der Waals surface area contributed by atoms with Gasteiger partial charge < -0.3 is 5.11 Å². The zero-order valence-corrected chi connectivity index (χ0v) is 8.27. The van der Waals surface area contributed by atoms with Gasteiger partial charge in [0.1, 0.15) is 0 Å². The maximum atomic E-state index is 11.7. The van der Waals surface area contributed by atoms with Gasteiger partial charge in [-0.2, -0.15) is 0 Å². The molecule has 1 aliphatic carbocycles. The molecule has 2 amide bonds. The fraction of sp³-hybridized carbons (Fsp3) is 0.800. The molecular formula is C10H15NO3. The normalized spacial score (nSPS) is 37.6. The summed E-state index contributed by atoms with van der Waals surface area (Å²) in [4.78, 5) is 24.8. The first-order valence-corrected chi connectivity index (χ1v) is 5.18. The Hall–Kier alpha value is -0.900. The minimum absolute atomic E-state index is 0.0330. The van der Waals surface area contributed by atoms with Crippen molar-refractivity contribution < 1.29 is 14.7 Å². The van der Waals surface area contributed by atoms with Crippen molar-refractivity contribution in [2.45, 2.75) is 32.3 Å². The fourth-order valence-corrected chi connectivity index (χ4v) is 2.54. The number of aliphatic hydroxyl groups excluding tert-OH is 1.